The fourth-order valence-corrected chi connectivity index (χ4v) is 1.86. The molecule has 0 heterocycles. The van der Waals surface area contributed by atoms with Crippen LogP contribution >= 0.6 is 0 Å². The van der Waals surface area contributed by atoms with Crippen LogP contribution in [-0.4, -0.2) is 23.9 Å². The summed E-state index contributed by atoms with van der Waals surface area (Å²) in [6.07, 6.45) is 4.03. The van der Waals surface area contributed by atoms with Crippen LogP contribution in [0.15, 0.2) is 0 Å². The minimum absolute atomic E-state index is 0.0251. The zero-order valence-corrected chi connectivity index (χ0v) is 11.9. The number of aliphatic hydroxyl groups excluding tert-OH is 1. The molecule has 0 bridgehead atoms. The molecule has 0 aromatic heterocycles. The highest BCUT2D eigenvalue weighted by Gasteiger charge is 2.19. The summed E-state index contributed by atoms with van der Waals surface area (Å²) in [5, 5.41) is 9.94. The van der Waals surface area contributed by atoms with Gasteiger partial charge in [-0.1, -0.05) is 27.2 Å². The van der Waals surface area contributed by atoms with E-state index < -0.39 is 0 Å². The normalized spacial score (nSPS) is 16.5. The summed E-state index contributed by atoms with van der Waals surface area (Å²) >= 11 is 0. The zero-order chi connectivity index (χ0) is 12.8. The maximum atomic E-state index is 9.94. The van der Waals surface area contributed by atoms with Gasteiger partial charge in [0.05, 0.1) is 11.7 Å². The average Bonchev–Trinajstić information content (AvgIpc) is 2.16. The second-order valence-electron chi connectivity index (χ2n) is 6.03. The van der Waals surface area contributed by atoms with Gasteiger partial charge in [-0.05, 0) is 44.9 Å². The van der Waals surface area contributed by atoms with Gasteiger partial charge >= 0.3 is 0 Å². The van der Waals surface area contributed by atoms with E-state index in [1.807, 2.05) is 0 Å². The van der Waals surface area contributed by atoms with E-state index in [-0.39, 0.29) is 11.7 Å². The molecular formula is C14H30O2. The molecule has 0 aliphatic heterocycles. The van der Waals surface area contributed by atoms with Crippen LogP contribution < -0.4 is 0 Å². The first kappa shape index (κ1) is 15.9. The third kappa shape index (κ3) is 7.24. The number of rotatable bonds is 8. The molecule has 0 amide bonds. The summed E-state index contributed by atoms with van der Waals surface area (Å²) in [7, 11) is 1.76. The van der Waals surface area contributed by atoms with Gasteiger partial charge in [-0.2, -0.15) is 0 Å². The van der Waals surface area contributed by atoms with Crippen LogP contribution in [0.1, 0.15) is 60.3 Å². The lowest BCUT2D eigenvalue weighted by Crippen LogP contribution is -2.24. The molecule has 2 unspecified atom stereocenters. The molecule has 0 fully saturated rings. The fraction of sp³-hybridized carbons (Fsp3) is 1.00. The monoisotopic (exact) mass is 230 g/mol. The molecule has 2 nitrogen and oxygen atoms in total. The lowest BCUT2D eigenvalue weighted by Gasteiger charge is -2.25. The highest BCUT2D eigenvalue weighted by Crippen LogP contribution is 2.22. The second kappa shape index (κ2) is 7.29. The molecule has 2 atom stereocenters. The Hall–Kier alpha value is -0.0800. The van der Waals surface area contributed by atoms with Crippen LogP contribution in [-0.2, 0) is 4.74 Å². The van der Waals surface area contributed by atoms with Crippen molar-refractivity contribution in [3.05, 3.63) is 0 Å². The van der Waals surface area contributed by atoms with Crippen molar-refractivity contribution < 1.29 is 9.84 Å². The lowest BCUT2D eigenvalue weighted by atomic mass is 9.90. The number of methoxy groups -OCH3 is 1. The van der Waals surface area contributed by atoms with E-state index in [0.717, 1.165) is 25.7 Å². The Bertz CT molecular complexity index is 176. The highest BCUT2D eigenvalue weighted by molar-refractivity contribution is 4.71. The number of hydrogen-bond donors (Lipinski definition) is 1. The predicted octanol–water partition coefficient (Wildman–Crippen LogP) is 3.62. The molecule has 0 aliphatic rings. The molecule has 0 rings (SSSR count). The number of aliphatic hydroxyl groups is 1. The summed E-state index contributed by atoms with van der Waals surface area (Å²) in [5.41, 5.74) is -0.0251. The molecule has 2 heteroatoms. The number of ether oxygens (including phenoxy) is 1. The topological polar surface area (TPSA) is 29.5 Å². The Kier molecular flexibility index (Phi) is 7.25. The van der Waals surface area contributed by atoms with Crippen LogP contribution in [0.3, 0.4) is 0 Å². The molecule has 0 saturated heterocycles. The largest absolute Gasteiger partial charge is 0.393 e. The van der Waals surface area contributed by atoms with E-state index in [2.05, 4.69) is 34.6 Å². The molecule has 0 aromatic rings. The third-order valence-electron chi connectivity index (χ3n) is 3.36. The first-order chi connectivity index (χ1) is 7.28. The Morgan fingerprint density at radius 2 is 1.75 bits per heavy atom. The molecule has 0 aromatic carbocycles. The van der Waals surface area contributed by atoms with Crippen molar-refractivity contribution in [2.24, 2.45) is 11.8 Å². The zero-order valence-electron chi connectivity index (χ0n) is 11.9. The van der Waals surface area contributed by atoms with E-state index in [1.165, 1.54) is 0 Å². The standard InChI is InChI=1S/C14H30O2/c1-11(2)10-13(15)12(3)8-7-9-14(4,5)16-6/h11-13,15H,7-10H2,1-6H3. The van der Waals surface area contributed by atoms with Crippen LogP contribution in [0.4, 0.5) is 0 Å². The van der Waals surface area contributed by atoms with Gasteiger partial charge in [0.1, 0.15) is 0 Å². The lowest BCUT2D eigenvalue weighted by molar-refractivity contribution is 0.0101. The van der Waals surface area contributed by atoms with Crippen molar-refractivity contribution >= 4 is 0 Å². The van der Waals surface area contributed by atoms with Crippen molar-refractivity contribution in [2.45, 2.75) is 72.0 Å². The van der Waals surface area contributed by atoms with E-state index >= 15 is 0 Å². The average molecular weight is 230 g/mol. The Morgan fingerprint density at radius 3 is 2.19 bits per heavy atom. The molecule has 0 aliphatic carbocycles. The van der Waals surface area contributed by atoms with Crippen molar-refractivity contribution in [1.29, 1.82) is 0 Å². The summed E-state index contributed by atoms with van der Waals surface area (Å²) in [6.45, 7) is 10.7. The molecule has 16 heavy (non-hydrogen) atoms. The Labute approximate surface area is 101 Å². The molecule has 1 N–H and O–H groups in total. The fourth-order valence-electron chi connectivity index (χ4n) is 1.86. The van der Waals surface area contributed by atoms with Gasteiger partial charge in [0, 0.05) is 7.11 Å². The minimum atomic E-state index is -0.148. The van der Waals surface area contributed by atoms with Gasteiger partial charge in [-0.15, -0.1) is 0 Å². The maximum Gasteiger partial charge on any atom is 0.0622 e. The van der Waals surface area contributed by atoms with Gasteiger partial charge in [0.25, 0.3) is 0 Å². The van der Waals surface area contributed by atoms with Crippen LogP contribution in [0.5, 0.6) is 0 Å². The summed E-state index contributed by atoms with van der Waals surface area (Å²) < 4.78 is 5.38. The summed E-state index contributed by atoms with van der Waals surface area (Å²) in [6, 6.07) is 0. The van der Waals surface area contributed by atoms with Crippen molar-refractivity contribution in [1.82, 2.24) is 0 Å². The van der Waals surface area contributed by atoms with Gasteiger partial charge in [-0.3, -0.25) is 0 Å². The first-order valence-corrected chi connectivity index (χ1v) is 6.51. The molecule has 98 valence electrons. The van der Waals surface area contributed by atoms with E-state index in [9.17, 15) is 5.11 Å². The number of hydrogen-bond acceptors (Lipinski definition) is 2. The van der Waals surface area contributed by atoms with Crippen molar-refractivity contribution in [3.8, 4) is 0 Å². The van der Waals surface area contributed by atoms with Crippen LogP contribution in [0, 0.1) is 11.8 Å². The van der Waals surface area contributed by atoms with Crippen molar-refractivity contribution in [2.75, 3.05) is 7.11 Å². The first-order valence-electron chi connectivity index (χ1n) is 6.51. The van der Waals surface area contributed by atoms with Gasteiger partial charge in [0.2, 0.25) is 0 Å². The SMILES string of the molecule is COC(C)(C)CCCC(C)C(O)CC(C)C. The third-order valence-corrected chi connectivity index (χ3v) is 3.36. The van der Waals surface area contributed by atoms with E-state index in [4.69, 9.17) is 4.74 Å². The van der Waals surface area contributed by atoms with Crippen LogP contribution in [0.25, 0.3) is 0 Å². The highest BCUT2D eigenvalue weighted by atomic mass is 16.5. The van der Waals surface area contributed by atoms with Gasteiger partial charge < -0.3 is 9.84 Å². The quantitative estimate of drug-likeness (QED) is 0.690. The van der Waals surface area contributed by atoms with Gasteiger partial charge in [-0.25, -0.2) is 0 Å². The summed E-state index contributed by atoms with van der Waals surface area (Å²) in [4.78, 5) is 0. The molecular weight excluding hydrogens is 200 g/mol. The smallest absolute Gasteiger partial charge is 0.0622 e. The molecule has 0 saturated carbocycles. The maximum absolute atomic E-state index is 9.94. The van der Waals surface area contributed by atoms with Gasteiger partial charge in [0.15, 0.2) is 0 Å². The molecule has 0 spiro atoms. The van der Waals surface area contributed by atoms with Crippen molar-refractivity contribution in [3.63, 3.8) is 0 Å². The summed E-state index contributed by atoms with van der Waals surface area (Å²) in [5.74, 6) is 0.975. The predicted molar refractivity (Wildman–Crippen MR) is 69.6 cm³/mol. The Balaban J connectivity index is 3.76. The Morgan fingerprint density at radius 1 is 1.19 bits per heavy atom. The van der Waals surface area contributed by atoms with E-state index in [0.29, 0.717) is 11.8 Å². The second-order valence-corrected chi connectivity index (χ2v) is 6.03. The minimum Gasteiger partial charge on any atom is -0.393 e. The van der Waals surface area contributed by atoms with E-state index in [1.54, 1.807) is 7.11 Å². The molecule has 0 radical (unpaired) electrons. The van der Waals surface area contributed by atoms with Crippen LogP contribution in [0.2, 0.25) is 0 Å².